The van der Waals surface area contributed by atoms with Crippen molar-refractivity contribution in [3.63, 3.8) is 0 Å². The third-order valence-electron chi connectivity index (χ3n) is 5.59. The number of likely N-dealkylation sites (tertiary alicyclic amines) is 1. The Labute approximate surface area is 164 Å². The van der Waals surface area contributed by atoms with E-state index in [1.807, 2.05) is 12.4 Å². The van der Waals surface area contributed by atoms with Crippen molar-refractivity contribution in [2.75, 3.05) is 13.1 Å². The van der Waals surface area contributed by atoms with Crippen molar-refractivity contribution in [2.45, 2.75) is 71.3 Å². The molecule has 0 amide bonds. The minimum Gasteiger partial charge on any atom is -0.507 e. The van der Waals surface area contributed by atoms with Crippen molar-refractivity contribution in [3.05, 3.63) is 58.9 Å². The lowest BCUT2D eigenvalue weighted by atomic mass is 9.77. The van der Waals surface area contributed by atoms with Crippen LogP contribution in [0.2, 0.25) is 0 Å². The molecule has 1 aliphatic heterocycles. The quantitative estimate of drug-likeness (QED) is 0.772. The van der Waals surface area contributed by atoms with Gasteiger partial charge in [0, 0.05) is 12.4 Å². The van der Waals surface area contributed by atoms with Gasteiger partial charge < -0.3 is 5.11 Å². The van der Waals surface area contributed by atoms with E-state index in [4.69, 9.17) is 0 Å². The topological polar surface area (TPSA) is 36.4 Å². The van der Waals surface area contributed by atoms with Gasteiger partial charge in [0.05, 0.1) is 6.04 Å². The van der Waals surface area contributed by atoms with Gasteiger partial charge in [-0.3, -0.25) is 9.88 Å². The van der Waals surface area contributed by atoms with E-state index >= 15 is 0 Å². The standard InChI is InChI=1S/C24H34N2O/c1-23(2,3)19-15-18(16-20(22(19)27)24(4,5)6)21(26-13-7-8-14-26)17-9-11-25-12-10-17/h9-12,15-16,21,27H,7-8,13-14H2,1-6H3. The lowest BCUT2D eigenvalue weighted by molar-refractivity contribution is 0.280. The van der Waals surface area contributed by atoms with Gasteiger partial charge in [-0.25, -0.2) is 0 Å². The summed E-state index contributed by atoms with van der Waals surface area (Å²) < 4.78 is 0. The van der Waals surface area contributed by atoms with Gasteiger partial charge in [0.1, 0.15) is 5.75 Å². The Morgan fingerprint density at radius 1 is 0.852 bits per heavy atom. The van der Waals surface area contributed by atoms with E-state index in [0.29, 0.717) is 5.75 Å². The van der Waals surface area contributed by atoms with E-state index in [1.54, 1.807) is 0 Å². The Balaban J connectivity index is 2.22. The minimum absolute atomic E-state index is 0.117. The van der Waals surface area contributed by atoms with Crippen LogP contribution in [0.1, 0.15) is 82.7 Å². The summed E-state index contributed by atoms with van der Waals surface area (Å²) in [5.41, 5.74) is 4.38. The summed E-state index contributed by atoms with van der Waals surface area (Å²) in [5, 5.41) is 11.1. The fourth-order valence-corrected chi connectivity index (χ4v) is 4.12. The smallest absolute Gasteiger partial charge is 0.123 e. The molecular weight excluding hydrogens is 332 g/mol. The fraction of sp³-hybridized carbons (Fsp3) is 0.542. The molecule has 1 aromatic carbocycles. The summed E-state index contributed by atoms with van der Waals surface area (Å²) in [4.78, 5) is 6.79. The van der Waals surface area contributed by atoms with Gasteiger partial charge in [-0.2, -0.15) is 0 Å². The number of aromatic nitrogens is 1. The number of phenolic OH excluding ortho intramolecular Hbond substituents is 1. The molecule has 0 bridgehead atoms. The fourth-order valence-electron chi connectivity index (χ4n) is 4.12. The lowest BCUT2D eigenvalue weighted by Crippen LogP contribution is -2.28. The van der Waals surface area contributed by atoms with Crippen LogP contribution in [0.5, 0.6) is 5.75 Å². The number of hydrogen-bond donors (Lipinski definition) is 1. The SMILES string of the molecule is CC(C)(C)c1cc(C(c2ccncc2)N2CCCC2)cc(C(C)(C)C)c1O. The van der Waals surface area contributed by atoms with E-state index in [1.165, 1.54) is 24.0 Å². The molecule has 1 saturated heterocycles. The van der Waals surface area contributed by atoms with Crippen molar-refractivity contribution < 1.29 is 5.11 Å². The molecule has 1 atom stereocenters. The molecule has 1 N–H and O–H groups in total. The molecule has 1 fully saturated rings. The van der Waals surface area contributed by atoms with Gasteiger partial charge in [0.2, 0.25) is 0 Å². The summed E-state index contributed by atoms with van der Waals surface area (Å²) >= 11 is 0. The first-order valence-electron chi connectivity index (χ1n) is 10.1. The molecule has 1 aromatic heterocycles. The maximum atomic E-state index is 11.1. The second-order valence-corrected chi connectivity index (χ2v) is 9.89. The highest BCUT2D eigenvalue weighted by atomic mass is 16.3. The highest BCUT2D eigenvalue weighted by Gasteiger charge is 2.31. The Hall–Kier alpha value is -1.87. The molecule has 2 heterocycles. The normalized spacial score (nSPS) is 17.3. The Bertz CT molecular complexity index is 743. The molecular formula is C24H34N2O. The molecule has 0 radical (unpaired) electrons. The minimum atomic E-state index is -0.117. The van der Waals surface area contributed by atoms with Crippen molar-refractivity contribution >= 4 is 0 Å². The predicted molar refractivity (Wildman–Crippen MR) is 112 cm³/mol. The largest absolute Gasteiger partial charge is 0.507 e. The summed E-state index contributed by atoms with van der Waals surface area (Å²) in [6.45, 7) is 15.3. The number of hydrogen-bond acceptors (Lipinski definition) is 3. The second kappa shape index (κ2) is 7.27. The number of rotatable bonds is 3. The van der Waals surface area contributed by atoms with Crippen LogP contribution in [0.4, 0.5) is 0 Å². The van der Waals surface area contributed by atoms with Crippen LogP contribution in [0.25, 0.3) is 0 Å². The highest BCUT2D eigenvalue weighted by molar-refractivity contribution is 5.51. The average molecular weight is 367 g/mol. The third-order valence-corrected chi connectivity index (χ3v) is 5.59. The number of phenols is 1. The van der Waals surface area contributed by atoms with Gasteiger partial charge in [-0.15, -0.1) is 0 Å². The van der Waals surface area contributed by atoms with E-state index in [-0.39, 0.29) is 16.9 Å². The van der Waals surface area contributed by atoms with Gasteiger partial charge >= 0.3 is 0 Å². The van der Waals surface area contributed by atoms with Crippen LogP contribution >= 0.6 is 0 Å². The van der Waals surface area contributed by atoms with Crippen LogP contribution in [0.15, 0.2) is 36.7 Å². The first-order valence-corrected chi connectivity index (χ1v) is 10.1. The number of pyridine rings is 1. The molecule has 0 spiro atoms. The van der Waals surface area contributed by atoms with Crippen LogP contribution in [0.3, 0.4) is 0 Å². The maximum absolute atomic E-state index is 11.1. The zero-order chi connectivity index (χ0) is 19.8. The maximum Gasteiger partial charge on any atom is 0.123 e. The zero-order valence-electron chi connectivity index (χ0n) is 17.7. The molecule has 3 nitrogen and oxygen atoms in total. The van der Waals surface area contributed by atoms with Crippen molar-refractivity contribution in [1.29, 1.82) is 0 Å². The molecule has 0 aliphatic carbocycles. The van der Waals surface area contributed by atoms with E-state index in [2.05, 4.69) is 75.7 Å². The van der Waals surface area contributed by atoms with E-state index in [0.717, 1.165) is 24.2 Å². The van der Waals surface area contributed by atoms with E-state index in [9.17, 15) is 5.11 Å². The van der Waals surface area contributed by atoms with Gasteiger partial charge in [0.15, 0.2) is 0 Å². The van der Waals surface area contributed by atoms with Crippen molar-refractivity contribution in [1.82, 2.24) is 9.88 Å². The highest BCUT2D eigenvalue weighted by Crippen LogP contribution is 2.43. The first-order chi connectivity index (χ1) is 12.6. The number of nitrogens with zero attached hydrogens (tertiary/aromatic N) is 2. The Kier molecular flexibility index (Phi) is 5.36. The third kappa shape index (κ3) is 4.19. The summed E-state index contributed by atoms with van der Waals surface area (Å²) in [6.07, 6.45) is 6.26. The van der Waals surface area contributed by atoms with E-state index < -0.39 is 0 Å². The molecule has 27 heavy (non-hydrogen) atoms. The monoisotopic (exact) mass is 366 g/mol. The molecule has 3 rings (SSSR count). The van der Waals surface area contributed by atoms with Crippen LogP contribution in [-0.4, -0.2) is 28.1 Å². The molecule has 1 unspecified atom stereocenters. The summed E-state index contributed by atoms with van der Waals surface area (Å²) in [5.74, 6) is 0.452. The first kappa shape index (κ1) is 19.9. The number of aromatic hydroxyl groups is 1. The second-order valence-electron chi connectivity index (χ2n) is 9.89. The van der Waals surface area contributed by atoms with Gasteiger partial charge in [-0.05, 0) is 83.3 Å². The van der Waals surface area contributed by atoms with Crippen LogP contribution < -0.4 is 0 Å². The molecule has 1 aliphatic rings. The molecule has 0 saturated carbocycles. The summed E-state index contributed by atoms with van der Waals surface area (Å²) in [7, 11) is 0. The number of benzene rings is 1. The van der Waals surface area contributed by atoms with Gasteiger partial charge in [0.25, 0.3) is 0 Å². The molecule has 3 heteroatoms. The van der Waals surface area contributed by atoms with Crippen molar-refractivity contribution in [2.24, 2.45) is 0 Å². The van der Waals surface area contributed by atoms with Crippen molar-refractivity contribution in [3.8, 4) is 5.75 Å². The molecule has 2 aromatic rings. The van der Waals surface area contributed by atoms with Crippen LogP contribution in [-0.2, 0) is 10.8 Å². The predicted octanol–water partition coefficient (Wildman–Crippen LogP) is 5.57. The zero-order valence-corrected chi connectivity index (χ0v) is 17.7. The summed E-state index contributed by atoms with van der Waals surface area (Å²) in [6, 6.07) is 8.92. The Morgan fingerprint density at radius 3 is 1.78 bits per heavy atom. The molecule has 146 valence electrons. The lowest BCUT2D eigenvalue weighted by Gasteiger charge is -2.33. The average Bonchev–Trinajstić information content (AvgIpc) is 3.09. The van der Waals surface area contributed by atoms with Crippen LogP contribution in [0, 0.1) is 0 Å². The Morgan fingerprint density at radius 2 is 1.33 bits per heavy atom. The van der Waals surface area contributed by atoms with Gasteiger partial charge in [-0.1, -0.05) is 41.5 Å².